The van der Waals surface area contributed by atoms with Crippen LogP contribution in [0.15, 0.2) is 53.7 Å². The molecule has 0 bridgehead atoms. The smallest absolute Gasteiger partial charge is 0.303 e. The number of carboxylic acid groups (broad SMARTS) is 1. The highest BCUT2D eigenvalue weighted by molar-refractivity contribution is 7.99. The Balaban J connectivity index is 1.40. The van der Waals surface area contributed by atoms with Crippen LogP contribution in [-0.4, -0.2) is 54.2 Å². The Morgan fingerprint density at radius 3 is 2.42 bits per heavy atom. The van der Waals surface area contributed by atoms with Crippen molar-refractivity contribution in [1.82, 2.24) is 25.5 Å². The lowest BCUT2D eigenvalue weighted by Crippen LogP contribution is -2.31. The van der Waals surface area contributed by atoms with Gasteiger partial charge in [0.1, 0.15) is 0 Å². The number of amides is 1. The van der Waals surface area contributed by atoms with Crippen molar-refractivity contribution in [2.45, 2.75) is 62.5 Å². The summed E-state index contributed by atoms with van der Waals surface area (Å²) in [6, 6.07) is 15.4. The number of carbonyl (C=O) groups excluding carboxylic acids is 1. The van der Waals surface area contributed by atoms with Crippen molar-refractivity contribution in [2.24, 2.45) is 7.05 Å². The zero-order valence-corrected chi connectivity index (χ0v) is 21.8. The summed E-state index contributed by atoms with van der Waals surface area (Å²) in [4.78, 5) is 22.6. The van der Waals surface area contributed by atoms with E-state index >= 15 is 0 Å². The van der Waals surface area contributed by atoms with E-state index in [1.165, 1.54) is 11.8 Å². The summed E-state index contributed by atoms with van der Waals surface area (Å²) >= 11 is 1.52. The normalized spacial score (nSPS) is 19.3. The van der Waals surface area contributed by atoms with Crippen molar-refractivity contribution >= 4 is 23.6 Å². The minimum Gasteiger partial charge on any atom is -0.481 e. The molecule has 1 saturated heterocycles. The zero-order chi connectivity index (χ0) is 26.9. The lowest BCUT2D eigenvalue weighted by molar-refractivity contribution is -0.245. The Morgan fingerprint density at radius 1 is 1.05 bits per heavy atom. The first-order valence-corrected chi connectivity index (χ1v) is 13.3. The van der Waals surface area contributed by atoms with E-state index in [1.54, 1.807) is 11.7 Å². The predicted octanol–water partition coefficient (Wildman–Crippen LogP) is 2.91. The number of thioether (sulfide) groups is 1. The maximum Gasteiger partial charge on any atom is 0.303 e. The molecule has 3 N–H and O–H groups in total. The zero-order valence-electron chi connectivity index (χ0n) is 21.0. The predicted molar refractivity (Wildman–Crippen MR) is 138 cm³/mol. The Hall–Kier alpha value is -3.32. The van der Waals surface area contributed by atoms with Gasteiger partial charge in [-0.1, -0.05) is 60.3 Å². The number of aliphatic hydroxyl groups is 1. The molecule has 12 heteroatoms. The summed E-state index contributed by atoms with van der Waals surface area (Å²) in [5, 5.41) is 33.2. The Kier molecular flexibility index (Phi) is 9.82. The Bertz CT molecular complexity index is 1200. The molecule has 202 valence electrons. The van der Waals surface area contributed by atoms with Crippen molar-refractivity contribution in [3.63, 3.8) is 0 Å². The number of nitrogens with one attached hydrogen (secondary N) is 1. The maximum atomic E-state index is 12.0. The van der Waals surface area contributed by atoms with Gasteiger partial charge in [0.05, 0.1) is 18.8 Å². The first-order valence-electron chi connectivity index (χ1n) is 12.3. The number of nitrogens with zero attached hydrogens (tertiary/aromatic N) is 4. The number of rotatable bonds is 12. The second-order valence-electron chi connectivity index (χ2n) is 9.01. The molecule has 1 fully saturated rings. The minimum atomic E-state index is -0.906. The molecular formula is C26H31N5O6S. The fraction of sp³-hybridized carbons (Fsp3) is 0.423. The number of hydrogen-bond donors (Lipinski definition) is 3. The fourth-order valence-electron chi connectivity index (χ4n) is 4.02. The molecule has 3 unspecified atom stereocenters. The number of aryl methyl sites for hydroxylation is 1. The third-order valence-electron chi connectivity index (χ3n) is 6.13. The van der Waals surface area contributed by atoms with Gasteiger partial charge in [-0.25, -0.2) is 4.68 Å². The summed E-state index contributed by atoms with van der Waals surface area (Å²) < 4.78 is 14.3. The van der Waals surface area contributed by atoms with Gasteiger partial charge in [0, 0.05) is 44.2 Å². The van der Waals surface area contributed by atoms with Crippen LogP contribution < -0.4 is 5.32 Å². The summed E-state index contributed by atoms with van der Waals surface area (Å²) in [6.07, 6.45) is 0.210. The molecule has 3 atom stereocenters. The Morgan fingerprint density at radius 2 is 1.76 bits per heavy atom. The van der Waals surface area contributed by atoms with Crippen molar-refractivity contribution in [3.05, 3.63) is 70.8 Å². The molecule has 1 aliphatic heterocycles. The van der Waals surface area contributed by atoms with E-state index in [0.29, 0.717) is 30.3 Å². The van der Waals surface area contributed by atoms with Crippen molar-refractivity contribution < 1.29 is 29.3 Å². The van der Waals surface area contributed by atoms with Gasteiger partial charge in [0.25, 0.3) is 0 Å². The molecule has 38 heavy (non-hydrogen) atoms. The highest BCUT2D eigenvalue weighted by Gasteiger charge is 2.32. The average Bonchev–Trinajstić information content (AvgIpc) is 3.35. The molecule has 0 aliphatic carbocycles. The SMILES string of the molecule is Cn1nnnc1SCC1CC(c2ccc(CO)cc2)OC(c2ccc(CNC(=O)CCCC(=O)O)cc2)O1. The number of aliphatic carboxylic acids is 1. The van der Waals surface area contributed by atoms with Crippen LogP contribution in [-0.2, 0) is 39.3 Å². The molecule has 0 radical (unpaired) electrons. The highest BCUT2D eigenvalue weighted by atomic mass is 32.2. The first-order chi connectivity index (χ1) is 18.4. The van der Waals surface area contributed by atoms with Crippen molar-refractivity contribution in [2.75, 3.05) is 5.75 Å². The number of aliphatic hydroxyl groups excluding tert-OH is 1. The van der Waals surface area contributed by atoms with E-state index < -0.39 is 12.3 Å². The van der Waals surface area contributed by atoms with E-state index in [-0.39, 0.29) is 37.6 Å². The molecule has 0 saturated carbocycles. The van der Waals surface area contributed by atoms with Crippen LogP contribution in [0.5, 0.6) is 0 Å². The number of tetrazole rings is 1. The summed E-state index contributed by atoms with van der Waals surface area (Å²) in [5.74, 6) is -0.440. The molecule has 1 aliphatic rings. The van der Waals surface area contributed by atoms with Gasteiger partial charge in [0.2, 0.25) is 11.1 Å². The van der Waals surface area contributed by atoms with E-state index in [1.807, 2.05) is 48.5 Å². The maximum absolute atomic E-state index is 12.0. The second kappa shape index (κ2) is 13.5. The molecule has 2 aromatic carbocycles. The lowest BCUT2D eigenvalue weighted by Gasteiger charge is -2.36. The van der Waals surface area contributed by atoms with E-state index in [4.69, 9.17) is 14.6 Å². The van der Waals surface area contributed by atoms with Crippen LogP contribution in [0.3, 0.4) is 0 Å². The fourth-order valence-corrected chi connectivity index (χ4v) is 4.88. The Labute approximate surface area is 224 Å². The largest absolute Gasteiger partial charge is 0.481 e. The molecule has 1 aromatic heterocycles. The van der Waals surface area contributed by atoms with E-state index in [0.717, 1.165) is 22.3 Å². The number of benzene rings is 2. The quantitative estimate of drug-likeness (QED) is 0.292. The van der Waals surface area contributed by atoms with Gasteiger partial charge in [0.15, 0.2) is 6.29 Å². The van der Waals surface area contributed by atoms with E-state index in [9.17, 15) is 14.7 Å². The minimum absolute atomic E-state index is 0.0162. The number of carbonyl (C=O) groups is 2. The van der Waals surface area contributed by atoms with Crippen LogP contribution in [0.4, 0.5) is 0 Å². The van der Waals surface area contributed by atoms with Gasteiger partial charge in [-0.05, 0) is 33.5 Å². The van der Waals surface area contributed by atoms with Crippen molar-refractivity contribution in [1.29, 1.82) is 0 Å². The van der Waals surface area contributed by atoms with Crippen LogP contribution in [0.1, 0.15) is 60.3 Å². The van der Waals surface area contributed by atoms with Gasteiger partial charge in [-0.3, -0.25) is 9.59 Å². The first kappa shape index (κ1) is 27.7. The molecule has 2 heterocycles. The third kappa shape index (κ3) is 7.84. The van der Waals surface area contributed by atoms with Crippen LogP contribution >= 0.6 is 11.8 Å². The molecule has 1 amide bonds. The molecule has 3 aromatic rings. The lowest BCUT2D eigenvalue weighted by atomic mass is 10.0. The number of carboxylic acids is 1. The topological polar surface area (TPSA) is 149 Å². The van der Waals surface area contributed by atoms with Gasteiger partial charge in [-0.15, -0.1) is 5.10 Å². The monoisotopic (exact) mass is 541 g/mol. The molecule has 0 spiro atoms. The summed E-state index contributed by atoms with van der Waals surface area (Å²) in [7, 11) is 1.79. The number of hydrogen-bond acceptors (Lipinski definition) is 9. The number of aromatic nitrogens is 4. The van der Waals surface area contributed by atoms with E-state index in [2.05, 4.69) is 20.8 Å². The number of ether oxygens (including phenoxy) is 2. The van der Waals surface area contributed by atoms with Gasteiger partial charge in [-0.2, -0.15) is 0 Å². The highest BCUT2D eigenvalue weighted by Crippen LogP contribution is 2.39. The average molecular weight is 542 g/mol. The third-order valence-corrected chi connectivity index (χ3v) is 7.27. The molecule has 11 nitrogen and oxygen atoms in total. The van der Waals surface area contributed by atoms with Crippen LogP contribution in [0, 0.1) is 0 Å². The standard InChI is InChI=1S/C26H31N5O6S/c1-31-26(28-29-30-31)38-16-21-13-22(19-9-7-18(15-32)8-10-19)37-25(36-21)20-11-5-17(6-12-20)14-27-23(33)3-2-4-24(34)35/h5-12,21-22,25,32H,2-4,13-16H2,1H3,(H,27,33)(H,34,35). The van der Waals surface area contributed by atoms with Crippen LogP contribution in [0.25, 0.3) is 0 Å². The van der Waals surface area contributed by atoms with Gasteiger partial charge < -0.3 is 25.0 Å². The second-order valence-corrected chi connectivity index (χ2v) is 10.00. The molecule has 4 rings (SSSR count). The molecular weight excluding hydrogens is 510 g/mol. The van der Waals surface area contributed by atoms with Gasteiger partial charge >= 0.3 is 5.97 Å². The van der Waals surface area contributed by atoms with Crippen molar-refractivity contribution in [3.8, 4) is 0 Å². The summed E-state index contributed by atoms with van der Waals surface area (Å²) in [6.45, 7) is 0.334. The summed E-state index contributed by atoms with van der Waals surface area (Å²) in [5.41, 5.74) is 3.61. The van der Waals surface area contributed by atoms with Crippen LogP contribution in [0.2, 0.25) is 0 Å².